The monoisotopic (exact) mass is 392 g/mol. The van der Waals surface area contributed by atoms with Crippen molar-refractivity contribution in [3.8, 4) is 0 Å². The van der Waals surface area contributed by atoms with Crippen LogP contribution in [-0.4, -0.2) is 51.2 Å². The Labute approximate surface area is 172 Å². The molecule has 1 fully saturated rings. The summed E-state index contributed by atoms with van der Waals surface area (Å²) in [5.41, 5.74) is 4.34. The Morgan fingerprint density at radius 3 is 2.62 bits per heavy atom. The average molecular weight is 393 g/mol. The Bertz CT molecular complexity index is 925. The molecule has 1 aromatic carbocycles. The van der Waals surface area contributed by atoms with Gasteiger partial charge in [0.15, 0.2) is 0 Å². The molecule has 29 heavy (non-hydrogen) atoms. The largest absolute Gasteiger partial charge is 0.341 e. The highest BCUT2D eigenvalue weighted by Crippen LogP contribution is 2.29. The third-order valence-electron chi connectivity index (χ3n) is 6.21. The lowest BCUT2D eigenvalue weighted by Crippen LogP contribution is -2.35. The first-order valence-electron chi connectivity index (χ1n) is 10.4. The van der Waals surface area contributed by atoms with Gasteiger partial charge in [0.2, 0.25) is 11.8 Å². The van der Waals surface area contributed by atoms with Crippen LogP contribution < -0.4 is 0 Å². The van der Waals surface area contributed by atoms with Gasteiger partial charge in [-0.25, -0.2) is 9.97 Å². The number of fused-ring (bicyclic) bond motifs is 1. The Kier molecular flexibility index (Phi) is 5.35. The summed E-state index contributed by atoms with van der Waals surface area (Å²) in [5, 5.41) is 0. The summed E-state index contributed by atoms with van der Waals surface area (Å²) < 4.78 is 0. The van der Waals surface area contributed by atoms with E-state index < -0.39 is 0 Å². The molecule has 0 spiro atoms. The highest BCUT2D eigenvalue weighted by atomic mass is 16.2. The van der Waals surface area contributed by atoms with Gasteiger partial charge in [-0.05, 0) is 25.8 Å². The predicted molar refractivity (Wildman–Crippen MR) is 110 cm³/mol. The second kappa shape index (κ2) is 7.93. The molecule has 4 rings (SSSR count). The molecule has 6 heteroatoms. The van der Waals surface area contributed by atoms with Crippen LogP contribution in [0.1, 0.15) is 60.3 Å². The van der Waals surface area contributed by atoms with Crippen molar-refractivity contribution in [1.29, 1.82) is 0 Å². The van der Waals surface area contributed by atoms with E-state index in [9.17, 15) is 9.59 Å². The number of aromatic nitrogens is 2. The van der Waals surface area contributed by atoms with Gasteiger partial charge >= 0.3 is 0 Å². The van der Waals surface area contributed by atoms with Crippen molar-refractivity contribution < 1.29 is 9.59 Å². The van der Waals surface area contributed by atoms with Crippen LogP contribution in [0.15, 0.2) is 30.5 Å². The maximum absolute atomic E-state index is 13.0. The minimum atomic E-state index is -0.142. The van der Waals surface area contributed by atoms with Gasteiger partial charge in [0.05, 0.1) is 11.6 Å². The molecule has 1 saturated heterocycles. The molecular formula is C23H28N4O2. The minimum absolute atomic E-state index is 0.0902. The first kappa shape index (κ1) is 19.6. The fourth-order valence-corrected chi connectivity index (χ4v) is 4.24. The molecule has 152 valence electrons. The third-order valence-corrected chi connectivity index (χ3v) is 6.21. The van der Waals surface area contributed by atoms with E-state index in [1.807, 2.05) is 35.1 Å². The van der Waals surface area contributed by atoms with E-state index in [0.29, 0.717) is 19.6 Å². The lowest BCUT2D eigenvalue weighted by molar-refractivity contribution is -0.131. The Morgan fingerprint density at radius 2 is 1.90 bits per heavy atom. The number of aryl methyl sites for hydroxylation is 1. The highest BCUT2D eigenvalue weighted by Gasteiger charge is 2.32. The molecule has 0 radical (unpaired) electrons. The quantitative estimate of drug-likeness (QED) is 0.806. The molecular weight excluding hydrogens is 364 g/mol. The number of amides is 2. The summed E-state index contributed by atoms with van der Waals surface area (Å²) in [5.74, 6) is 1.13. The van der Waals surface area contributed by atoms with Gasteiger partial charge in [-0.15, -0.1) is 0 Å². The van der Waals surface area contributed by atoms with Crippen LogP contribution in [-0.2, 0) is 22.6 Å². The molecule has 2 amide bonds. The van der Waals surface area contributed by atoms with Crippen LogP contribution in [0, 0.1) is 6.92 Å². The smallest absolute Gasteiger partial charge is 0.229 e. The molecule has 6 nitrogen and oxygen atoms in total. The summed E-state index contributed by atoms with van der Waals surface area (Å²) >= 11 is 0. The van der Waals surface area contributed by atoms with Crippen molar-refractivity contribution in [1.82, 2.24) is 19.8 Å². The molecule has 0 N–H and O–H groups in total. The zero-order valence-electron chi connectivity index (χ0n) is 17.4. The van der Waals surface area contributed by atoms with Gasteiger partial charge in [-0.1, -0.05) is 29.8 Å². The van der Waals surface area contributed by atoms with Crippen LogP contribution >= 0.6 is 0 Å². The molecule has 0 unspecified atom stereocenters. The number of hydrogen-bond donors (Lipinski definition) is 0. The van der Waals surface area contributed by atoms with Crippen LogP contribution in [0.25, 0.3) is 0 Å². The standard InChI is InChI=1S/C23H28N4O2/c1-15-4-6-18(7-5-15)16(2)23(29)27-10-8-19(13-27)22-24-12-20-14-26(17(3)28)11-9-21(20)25-22/h4-7,12,16,19H,8-11,13-14H2,1-3H3/t16-,19+/m1/s1. The first-order valence-corrected chi connectivity index (χ1v) is 10.4. The maximum atomic E-state index is 13.0. The SMILES string of the molecule is CC(=O)N1CCc2nc([C@H]3CCN(C(=O)[C@H](C)c4ccc(C)cc4)C3)ncc2C1. The van der Waals surface area contributed by atoms with Crippen LogP contribution in [0.2, 0.25) is 0 Å². The number of benzene rings is 1. The molecule has 2 aromatic rings. The summed E-state index contributed by atoms with van der Waals surface area (Å²) in [6.07, 6.45) is 3.53. The van der Waals surface area contributed by atoms with Crippen molar-refractivity contribution in [2.45, 2.75) is 52.0 Å². The Hall–Kier alpha value is -2.76. The molecule has 2 aliphatic rings. The predicted octanol–water partition coefficient (Wildman–Crippen LogP) is 2.81. The number of likely N-dealkylation sites (tertiary alicyclic amines) is 1. The average Bonchev–Trinajstić information content (AvgIpc) is 3.22. The third kappa shape index (κ3) is 4.02. The lowest BCUT2D eigenvalue weighted by atomic mass is 9.98. The molecule has 2 atom stereocenters. The van der Waals surface area contributed by atoms with Crippen LogP contribution in [0.5, 0.6) is 0 Å². The van der Waals surface area contributed by atoms with E-state index in [2.05, 4.69) is 24.0 Å². The normalized spacial score (nSPS) is 19.8. The maximum Gasteiger partial charge on any atom is 0.229 e. The van der Waals surface area contributed by atoms with Gasteiger partial charge in [-0.2, -0.15) is 0 Å². The van der Waals surface area contributed by atoms with E-state index in [4.69, 9.17) is 4.98 Å². The zero-order valence-corrected chi connectivity index (χ0v) is 17.4. The van der Waals surface area contributed by atoms with Crippen molar-refractivity contribution in [3.63, 3.8) is 0 Å². The van der Waals surface area contributed by atoms with E-state index in [-0.39, 0.29) is 23.7 Å². The Morgan fingerprint density at radius 1 is 1.14 bits per heavy atom. The van der Waals surface area contributed by atoms with Crippen LogP contribution in [0.3, 0.4) is 0 Å². The molecule has 3 heterocycles. The van der Waals surface area contributed by atoms with Gasteiger partial charge < -0.3 is 9.80 Å². The number of carbonyl (C=O) groups excluding carboxylic acids is 2. The molecule has 1 aromatic heterocycles. The number of hydrogen-bond acceptors (Lipinski definition) is 4. The second-order valence-corrected chi connectivity index (χ2v) is 8.29. The van der Waals surface area contributed by atoms with Crippen molar-refractivity contribution in [2.75, 3.05) is 19.6 Å². The fraction of sp³-hybridized carbons (Fsp3) is 0.478. The van der Waals surface area contributed by atoms with Crippen molar-refractivity contribution >= 4 is 11.8 Å². The van der Waals surface area contributed by atoms with Crippen LogP contribution in [0.4, 0.5) is 0 Å². The molecule has 2 aliphatic heterocycles. The van der Waals surface area contributed by atoms with E-state index >= 15 is 0 Å². The second-order valence-electron chi connectivity index (χ2n) is 8.29. The number of carbonyl (C=O) groups is 2. The number of rotatable bonds is 3. The van der Waals surface area contributed by atoms with E-state index in [1.165, 1.54) is 5.56 Å². The summed E-state index contributed by atoms with van der Waals surface area (Å²) in [7, 11) is 0. The summed E-state index contributed by atoms with van der Waals surface area (Å²) in [6, 6.07) is 8.20. The molecule has 0 aliphatic carbocycles. The van der Waals surface area contributed by atoms with Gasteiger partial charge in [0.1, 0.15) is 5.82 Å². The summed E-state index contributed by atoms with van der Waals surface area (Å²) in [4.78, 5) is 37.8. The molecule has 0 bridgehead atoms. The topological polar surface area (TPSA) is 66.4 Å². The first-order chi connectivity index (χ1) is 13.9. The van der Waals surface area contributed by atoms with E-state index in [0.717, 1.165) is 42.0 Å². The van der Waals surface area contributed by atoms with E-state index in [1.54, 1.807) is 6.92 Å². The lowest BCUT2D eigenvalue weighted by Gasteiger charge is -2.27. The zero-order chi connectivity index (χ0) is 20.5. The minimum Gasteiger partial charge on any atom is -0.341 e. The van der Waals surface area contributed by atoms with Gasteiger partial charge in [-0.3, -0.25) is 9.59 Å². The van der Waals surface area contributed by atoms with Gasteiger partial charge in [0, 0.05) is 57.2 Å². The van der Waals surface area contributed by atoms with Crippen molar-refractivity contribution in [3.05, 3.63) is 58.7 Å². The highest BCUT2D eigenvalue weighted by molar-refractivity contribution is 5.83. The summed E-state index contributed by atoms with van der Waals surface area (Å²) in [6.45, 7) is 8.36. The number of nitrogens with zero attached hydrogens (tertiary/aromatic N) is 4. The van der Waals surface area contributed by atoms with Crippen molar-refractivity contribution in [2.24, 2.45) is 0 Å². The molecule has 0 saturated carbocycles. The van der Waals surface area contributed by atoms with Gasteiger partial charge in [0.25, 0.3) is 0 Å². The fourth-order valence-electron chi connectivity index (χ4n) is 4.24. The Balaban J connectivity index is 1.43.